The van der Waals surface area contributed by atoms with Gasteiger partial charge in [0.1, 0.15) is 5.41 Å². The number of carbonyl (C=O) groups excluding carboxylic acids is 3. The Morgan fingerprint density at radius 3 is 2.36 bits per heavy atom. The van der Waals surface area contributed by atoms with Gasteiger partial charge in [-0.1, -0.05) is 65.1 Å². The lowest BCUT2D eigenvalue weighted by Gasteiger charge is -2.46. The summed E-state index contributed by atoms with van der Waals surface area (Å²) in [7, 11) is 0. The quantitative estimate of drug-likeness (QED) is 0.413. The number of imide groups is 1. The van der Waals surface area contributed by atoms with Gasteiger partial charge in [0, 0.05) is 27.4 Å². The second kappa shape index (κ2) is 9.43. The van der Waals surface area contributed by atoms with E-state index in [1.807, 2.05) is 0 Å². The average Bonchev–Trinajstić information content (AvgIpc) is 3.09. The van der Waals surface area contributed by atoms with Crippen LogP contribution in [0.15, 0.2) is 66.7 Å². The lowest BCUT2D eigenvalue weighted by Crippen LogP contribution is -2.58. The van der Waals surface area contributed by atoms with Crippen LogP contribution in [0.4, 0.5) is 10.5 Å². The monoisotopic (exact) mass is 542 g/mol. The van der Waals surface area contributed by atoms with E-state index in [-0.39, 0.29) is 18.9 Å². The molecule has 1 unspecified atom stereocenters. The van der Waals surface area contributed by atoms with Gasteiger partial charge in [0.25, 0.3) is 0 Å². The number of anilines is 1. The van der Waals surface area contributed by atoms with Gasteiger partial charge in [-0.3, -0.25) is 9.59 Å². The van der Waals surface area contributed by atoms with Crippen LogP contribution < -0.4 is 10.2 Å². The van der Waals surface area contributed by atoms with E-state index in [1.54, 1.807) is 73.7 Å². The van der Waals surface area contributed by atoms with Crippen LogP contribution in [-0.4, -0.2) is 24.5 Å². The summed E-state index contributed by atoms with van der Waals surface area (Å²) < 4.78 is 5.26. The zero-order chi connectivity index (χ0) is 25.6. The maximum absolute atomic E-state index is 14.6. The van der Waals surface area contributed by atoms with Crippen molar-refractivity contribution in [3.63, 3.8) is 0 Å². The minimum atomic E-state index is -1.39. The summed E-state index contributed by atoms with van der Waals surface area (Å²) >= 11 is 18.8. The topological polar surface area (TPSA) is 75.7 Å². The molecule has 0 aromatic heterocycles. The van der Waals surface area contributed by atoms with Crippen molar-refractivity contribution in [3.05, 3.63) is 98.5 Å². The molecule has 6 nitrogen and oxygen atoms in total. The zero-order valence-electron chi connectivity index (χ0n) is 19.1. The molecule has 184 valence electrons. The minimum Gasteiger partial charge on any atom is -0.449 e. The van der Waals surface area contributed by atoms with E-state index in [2.05, 4.69) is 5.32 Å². The first-order chi connectivity index (χ1) is 17.3. The number of rotatable bonds is 3. The van der Waals surface area contributed by atoms with Gasteiger partial charge in [-0.2, -0.15) is 0 Å². The van der Waals surface area contributed by atoms with E-state index in [0.29, 0.717) is 31.9 Å². The van der Waals surface area contributed by atoms with Gasteiger partial charge in [0.05, 0.1) is 18.3 Å². The van der Waals surface area contributed by atoms with Gasteiger partial charge < -0.3 is 10.1 Å². The van der Waals surface area contributed by atoms with Crippen LogP contribution in [-0.2, 0) is 19.7 Å². The van der Waals surface area contributed by atoms with E-state index in [9.17, 15) is 14.4 Å². The summed E-state index contributed by atoms with van der Waals surface area (Å²) in [5.74, 6) is -1.37. The van der Waals surface area contributed by atoms with E-state index >= 15 is 0 Å². The van der Waals surface area contributed by atoms with Crippen LogP contribution in [0.5, 0.6) is 0 Å². The Bertz CT molecular complexity index is 1380. The fraction of sp³-hybridized carbons (Fsp3) is 0.222. The number of ether oxygens (including phenoxy) is 1. The highest BCUT2D eigenvalue weighted by atomic mass is 35.5. The Morgan fingerprint density at radius 2 is 1.67 bits per heavy atom. The van der Waals surface area contributed by atoms with Gasteiger partial charge in [-0.15, -0.1) is 0 Å². The number of carbonyl (C=O) groups is 3. The fourth-order valence-electron chi connectivity index (χ4n) is 5.42. The molecule has 3 aromatic rings. The van der Waals surface area contributed by atoms with Gasteiger partial charge in [0.2, 0.25) is 11.8 Å². The number of hydrogen-bond acceptors (Lipinski definition) is 4. The molecule has 2 aliphatic rings. The molecule has 3 aromatic carbocycles. The first-order valence-electron chi connectivity index (χ1n) is 11.4. The van der Waals surface area contributed by atoms with E-state index < -0.39 is 29.4 Å². The summed E-state index contributed by atoms with van der Waals surface area (Å²) in [5.41, 5.74) is 0.873. The van der Waals surface area contributed by atoms with Crippen LogP contribution in [0, 0.1) is 0 Å². The van der Waals surface area contributed by atoms with Gasteiger partial charge in [-0.25, -0.2) is 9.69 Å². The van der Waals surface area contributed by atoms with Crippen LogP contribution in [0.1, 0.15) is 42.0 Å². The van der Waals surface area contributed by atoms with E-state index in [1.165, 1.54) is 0 Å². The summed E-state index contributed by atoms with van der Waals surface area (Å²) in [5, 5.41) is 4.36. The number of amides is 3. The third-order valence-electron chi connectivity index (χ3n) is 6.81. The molecule has 0 saturated carbocycles. The molecule has 1 N–H and O–H groups in total. The minimum absolute atomic E-state index is 0.0170. The van der Waals surface area contributed by atoms with Crippen molar-refractivity contribution < 1.29 is 19.1 Å². The molecule has 0 aliphatic carbocycles. The number of nitrogens with one attached hydrogen (secondary N) is 1. The van der Waals surface area contributed by atoms with Crippen LogP contribution in [0.2, 0.25) is 15.1 Å². The molecule has 3 atom stereocenters. The number of nitrogens with zero attached hydrogens (tertiary/aromatic N) is 1. The normalized spacial score (nSPS) is 22.9. The predicted molar refractivity (Wildman–Crippen MR) is 139 cm³/mol. The highest BCUT2D eigenvalue weighted by Crippen LogP contribution is 2.59. The summed E-state index contributed by atoms with van der Waals surface area (Å²) in [6.45, 7) is 1.75. The zero-order valence-corrected chi connectivity index (χ0v) is 21.4. The average molecular weight is 544 g/mol. The highest BCUT2D eigenvalue weighted by molar-refractivity contribution is 6.32. The third kappa shape index (κ3) is 3.84. The molecular weight excluding hydrogens is 523 g/mol. The van der Waals surface area contributed by atoms with Crippen LogP contribution in [0.3, 0.4) is 0 Å². The third-order valence-corrected chi connectivity index (χ3v) is 7.53. The van der Waals surface area contributed by atoms with E-state index in [0.717, 1.165) is 10.5 Å². The number of piperidine rings is 1. The second-order valence-electron chi connectivity index (χ2n) is 8.73. The molecule has 0 radical (unpaired) electrons. The predicted octanol–water partition coefficient (Wildman–Crippen LogP) is 6.43. The lowest BCUT2D eigenvalue weighted by molar-refractivity contribution is -0.132. The van der Waals surface area contributed by atoms with Crippen LogP contribution in [0.25, 0.3) is 0 Å². The van der Waals surface area contributed by atoms with Crippen molar-refractivity contribution in [1.29, 1.82) is 0 Å². The van der Waals surface area contributed by atoms with Gasteiger partial charge in [0.15, 0.2) is 0 Å². The fourth-order valence-corrected chi connectivity index (χ4v) is 5.91. The van der Waals surface area contributed by atoms with Crippen molar-refractivity contribution in [3.8, 4) is 0 Å². The molecule has 3 amide bonds. The summed E-state index contributed by atoms with van der Waals surface area (Å²) in [4.78, 5) is 41.8. The maximum Gasteiger partial charge on any atom is 0.421 e. The van der Waals surface area contributed by atoms with Crippen molar-refractivity contribution in [2.45, 2.75) is 30.7 Å². The Kier molecular flexibility index (Phi) is 6.45. The van der Waals surface area contributed by atoms with Crippen LogP contribution >= 0.6 is 34.8 Å². The first kappa shape index (κ1) is 24.6. The Balaban J connectivity index is 1.83. The standard InChI is InChI=1S/C27H21Cl3N2O4/c1-2-36-26(35)32-22-13-19(30)10-11-20(22)27(25(32)34)21(15-6-8-17(28)9-7-15)14-23(33)31-24(27)16-4-3-5-18(29)12-16/h3-13,21,24H,2,14H2,1H3,(H,31,33)/t21-,24?,27-/m1/s1. The van der Waals surface area contributed by atoms with Crippen molar-refractivity contribution in [1.82, 2.24) is 5.32 Å². The molecule has 2 heterocycles. The molecule has 1 fully saturated rings. The SMILES string of the molecule is CCOC(=O)N1C(=O)[C@@]2(c3ccc(Cl)cc31)C(c1cccc(Cl)c1)NC(=O)C[C@@H]2c1ccc(Cl)cc1. The Hall–Kier alpha value is -3.06. The van der Waals surface area contributed by atoms with Crippen molar-refractivity contribution in [2.75, 3.05) is 11.5 Å². The van der Waals surface area contributed by atoms with E-state index in [4.69, 9.17) is 39.5 Å². The Labute approximate surface area is 223 Å². The molecule has 1 spiro atoms. The second-order valence-corrected chi connectivity index (χ2v) is 10.0. The molecule has 5 rings (SSSR count). The molecular formula is C27H21Cl3N2O4. The highest BCUT2D eigenvalue weighted by Gasteiger charge is 2.64. The maximum atomic E-state index is 14.6. The summed E-state index contributed by atoms with van der Waals surface area (Å²) in [6.07, 6.45) is -0.789. The number of hydrogen-bond donors (Lipinski definition) is 1. The first-order valence-corrected chi connectivity index (χ1v) is 12.5. The number of halogens is 3. The van der Waals surface area contributed by atoms with Gasteiger partial charge >= 0.3 is 6.09 Å². The molecule has 1 saturated heterocycles. The smallest absolute Gasteiger partial charge is 0.421 e. The van der Waals surface area contributed by atoms with Crippen molar-refractivity contribution in [2.24, 2.45) is 0 Å². The molecule has 9 heteroatoms. The Morgan fingerprint density at radius 1 is 0.972 bits per heavy atom. The largest absolute Gasteiger partial charge is 0.449 e. The molecule has 2 aliphatic heterocycles. The number of benzene rings is 3. The number of fused-ring (bicyclic) bond motifs is 2. The lowest BCUT2D eigenvalue weighted by atomic mass is 9.59. The molecule has 0 bridgehead atoms. The van der Waals surface area contributed by atoms with Crippen molar-refractivity contribution >= 4 is 58.4 Å². The summed E-state index contributed by atoms with van der Waals surface area (Å²) in [6, 6.07) is 18.2. The van der Waals surface area contributed by atoms with Gasteiger partial charge in [-0.05, 0) is 60.0 Å². The molecule has 36 heavy (non-hydrogen) atoms.